The summed E-state index contributed by atoms with van der Waals surface area (Å²) in [5.41, 5.74) is 0. The third-order valence-corrected chi connectivity index (χ3v) is 4.04. The van der Waals surface area contributed by atoms with Gasteiger partial charge in [-0.25, -0.2) is 0 Å². The number of hydrogen-bond donors (Lipinski definition) is 1. The van der Waals surface area contributed by atoms with Gasteiger partial charge in [0.15, 0.2) is 0 Å². The highest BCUT2D eigenvalue weighted by atomic mass is 35.5. The topological polar surface area (TPSA) is 13.7 Å². The summed E-state index contributed by atoms with van der Waals surface area (Å²) < 4.78 is 5.68. The molecule has 19 heavy (non-hydrogen) atoms. The summed E-state index contributed by atoms with van der Waals surface area (Å²) >= 11 is 5.91. The van der Waals surface area contributed by atoms with Crippen molar-refractivity contribution in [3.63, 3.8) is 0 Å². The van der Waals surface area contributed by atoms with Crippen molar-refractivity contribution in [2.45, 2.75) is 38.5 Å². The molecule has 1 saturated heterocycles. The first-order chi connectivity index (χ1) is 9.34. The van der Waals surface area contributed by atoms with E-state index >= 15 is 0 Å². The van der Waals surface area contributed by atoms with Crippen molar-refractivity contribution < 1.29 is 9.64 Å². The second-order valence-corrected chi connectivity index (χ2v) is 5.86. The Morgan fingerprint density at radius 3 is 2.63 bits per heavy atom. The molecule has 0 aliphatic carbocycles. The number of hydrogen-bond acceptors (Lipinski definition) is 1. The quantitative estimate of drug-likeness (QED) is 0.724. The number of rotatable bonds is 8. The van der Waals surface area contributed by atoms with E-state index in [0.29, 0.717) is 0 Å². The number of likely N-dealkylation sites (tertiary alicyclic amines) is 1. The van der Waals surface area contributed by atoms with E-state index < -0.39 is 0 Å². The highest BCUT2D eigenvalue weighted by Gasteiger charge is 2.13. The van der Waals surface area contributed by atoms with E-state index in [1.54, 1.807) is 0 Å². The van der Waals surface area contributed by atoms with Gasteiger partial charge in [0.25, 0.3) is 0 Å². The Kier molecular flexibility index (Phi) is 6.52. The molecule has 0 amide bonds. The fraction of sp³-hybridized carbons (Fsp3) is 0.625. The van der Waals surface area contributed by atoms with E-state index in [1.807, 2.05) is 29.2 Å². The summed E-state index contributed by atoms with van der Waals surface area (Å²) in [7, 11) is 0. The molecule has 0 radical (unpaired) electrons. The number of nitrogens with one attached hydrogen (secondary N) is 1. The lowest BCUT2D eigenvalue weighted by atomic mass is 10.2. The summed E-state index contributed by atoms with van der Waals surface area (Å²) in [5.74, 6) is 0.883. The zero-order chi connectivity index (χ0) is 13.3. The third-order valence-electron chi connectivity index (χ3n) is 3.80. The minimum atomic E-state index is 0.742. The highest BCUT2D eigenvalue weighted by Crippen LogP contribution is 2.17. The fourth-order valence-corrected chi connectivity index (χ4v) is 2.88. The number of benzene rings is 1. The van der Waals surface area contributed by atoms with Gasteiger partial charge in [-0.05, 0) is 43.9 Å². The molecule has 0 saturated carbocycles. The van der Waals surface area contributed by atoms with E-state index in [4.69, 9.17) is 16.3 Å². The maximum Gasteiger partial charge on any atom is 0.120 e. The molecule has 0 atom stereocenters. The van der Waals surface area contributed by atoms with Crippen LogP contribution < -0.4 is 9.64 Å². The molecule has 0 bridgehead atoms. The van der Waals surface area contributed by atoms with Crippen LogP contribution in [0.1, 0.15) is 38.5 Å². The van der Waals surface area contributed by atoms with Gasteiger partial charge in [-0.2, -0.15) is 0 Å². The number of quaternary nitrogens is 1. The van der Waals surface area contributed by atoms with Crippen molar-refractivity contribution >= 4 is 11.6 Å². The standard InChI is InChI=1S/C16H24ClNO/c17-15-8-7-9-16(14-15)19-13-6-2-1-3-10-18-11-4-5-12-18/h7-9,14H,1-6,10-13H2/p+1. The summed E-state index contributed by atoms with van der Waals surface area (Å²) in [5, 5.41) is 0.742. The number of ether oxygens (including phenoxy) is 1. The van der Waals surface area contributed by atoms with E-state index in [0.717, 1.165) is 23.8 Å². The van der Waals surface area contributed by atoms with Crippen LogP contribution in [-0.4, -0.2) is 26.2 Å². The summed E-state index contributed by atoms with van der Waals surface area (Å²) in [4.78, 5) is 1.81. The molecule has 1 heterocycles. The molecule has 3 heteroatoms. The number of halogens is 1. The maximum atomic E-state index is 5.91. The molecule has 0 unspecified atom stereocenters. The predicted molar refractivity (Wildman–Crippen MR) is 80.2 cm³/mol. The van der Waals surface area contributed by atoms with Gasteiger partial charge in [0.05, 0.1) is 26.2 Å². The normalized spacial score (nSPS) is 15.8. The molecule has 2 rings (SSSR count). The van der Waals surface area contributed by atoms with Crippen LogP contribution in [0.15, 0.2) is 24.3 Å². The van der Waals surface area contributed by atoms with E-state index in [9.17, 15) is 0 Å². The van der Waals surface area contributed by atoms with Gasteiger partial charge in [0, 0.05) is 17.9 Å². The van der Waals surface area contributed by atoms with Gasteiger partial charge >= 0.3 is 0 Å². The lowest BCUT2D eigenvalue weighted by Gasteiger charge is -2.11. The summed E-state index contributed by atoms with van der Waals surface area (Å²) in [6.45, 7) is 4.97. The van der Waals surface area contributed by atoms with Gasteiger partial charge < -0.3 is 9.64 Å². The van der Waals surface area contributed by atoms with Gasteiger partial charge in [0.2, 0.25) is 0 Å². The number of unbranched alkanes of at least 4 members (excludes halogenated alkanes) is 3. The van der Waals surface area contributed by atoms with Crippen molar-refractivity contribution in [2.24, 2.45) is 0 Å². The predicted octanol–water partition coefficient (Wildman–Crippen LogP) is 2.96. The van der Waals surface area contributed by atoms with E-state index in [1.165, 1.54) is 51.7 Å². The third kappa shape index (κ3) is 5.84. The van der Waals surface area contributed by atoms with Crippen LogP contribution in [0.5, 0.6) is 5.75 Å². The largest absolute Gasteiger partial charge is 0.494 e. The van der Waals surface area contributed by atoms with Crippen LogP contribution in [-0.2, 0) is 0 Å². The second-order valence-electron chi connectivity index (χ2n) is 5.43. The van der Waals surface area contributed by atoms with Crippen LogP contribution >= 0.6 is 11.6 Å². The van der Waals surface area contributed by atoms with Gasteiger partial charge in [-0.3, -0.25) is 0 Å². The molecule has 106 valence electrons. The van der Waals surface area contributed by atoms with Crippen molar-refractivity contribution in [3.8, 4) is 5.75 Å². The van der Waals surface area contributed by atoms with Crippen LogP contribution in [0, 0.1) is 0 Å². The van der Waals surface area contributed by atoms with Crippen molar-refractivity contribution in [1.82, 2.24) is 0 Å². The Hall–Kier alpha value is -0.730. The summed E-state index contributed by atoms with van der Waals surface area (Å²) in [6.07, 6.45) is 7.98. The molecule has 1 aliphatic rings. The van der Waals surface area contributed by atoms with E-state index in [-0.39, 0.29) is 0 Å². The molecule has 1 aliphatic heterocycles. The molecule has 1 aromatic carbocycles. The van der Waals surface area contributed by atoms with E-state index in [2.05, 4.69) is 0 Å². The zero-order valence-corrected chi connectivity index (χ0v) is 12.4. The van der Waals surface area contributed by atoms with Gasteiger partial charge in [-0.15, -0.1) is 0 Å². The molecular weight excluding hydrogens is 258 g/mol. The monoisotopic (exact) mass is 282 g/mol. The lowest BCUT2D eigenvalue weighted by Crippen LogP contribution is -3.09. The van der Waals surface area contributed by atoms with Crippen molar-refractivity contribution in [1.29, 1.82) is 0 Å². The first-order valence-corrected chi connectivity index (χ1v) is 7.94. The maximum absolute atomic E-state index is 5.91. The fourth-order valence-electron chi connectivity index (χ4n) is 2.70. The molecule has 0 aromatic heterocycles. The van der Waals surface area contributed by atoms with Crippen LogP contribution in [0.4, 0.5) is 0 Å². The lowest BCUT2D eigenvalue weighted by molar-refractivity contribution is -0.887. The van der Waals surface area contributed by atoms with Crippen LogP contribution in [0.2, 0.25) is 5.02 Å². The Morgan fingerprint density at radius 2 is 1.84 bits per heavy atom. The van der Waals surface area contributed by atoms with Crippen LogP contribution in [0.3, 0.4) is 0 Å². The Balaban J connectivity index is 1.46. The molecule has 0 spiro atoms. The van der Waals surface area contributed by atoms with Gasteiger partial charge in [-0.1, -0.05) is 17.7 Å². The minimum absolute atomic E-state index is 0.742. The SMILES string of the molecule is Clc1cccc(OCCCCCC[NH+]2CCCC2)c1. The van der Waals surface area contributed by atoms with Crippen molar-refractivity contribution in [3.05, 3.63) is 29.3 Å². The zero-order valence-electron chi connectivity index (χ0n) is 11.7. The minimum Gasteiger partial charge on any atom is -0.494 e. The Morgan fingerprint density at radius 1 is 1.05 bits per heavy atom. The van der Waals surface area contributed by atoms with Gasteiger partial charge in [0.1, 0.15) is 5.75 Å². The average molecular weight is 283 g/mol. The average Bonchev–Trinajstić information content (AvgIpc) is 2.91. The second kappa shape index (κ2) is 8.44. The molecule has 1 aromatic rings. The Bertz CT molecular complexity index is 364. The Labute approximate surface area is 121 Å². The summed E-state index contributed by atoms with van der Waals surface area (Å²) in [6, 6.07) is 7.63. The smallest absolute Gasteiger partial charge is 0.120 e. The molecule has 1 fully saturated rings. The first-order valence-electron chi connectivity index (χ1n) is 7.56. The first kappa shape index (κ1) is 14.7. The molecular formula is C16H25ClNO+. The molecule has 2 nitrogen and oxygen atoms in total. The molecule has 1 N–H and O–H groups in total. The highest BCUT2D eigenvalue weighted by molar-refractivity contribution is 6.30. The van der Waals surface area contributed by atoms with Crippen LogP contribution in [0.25, 0.3) is 0 Å². The van der Waals surface area contributed by atoms with Crippen molar-refractivity contribution in [2.75, 3.05) is 26.2 Å².